The number of ether oxygens (including phenoxy) is 2. The van der Waals surface area contributed by atoms with Crippen LogP contribution in [0.3, 0.4) is 0 Å². The Kier molecular flexibility index (Phi) is 5.14. The number of hydrogen-bond acceptors (Lipinski definition) is 5. The Morgan fingerprint density at radius 2 is 1.88 bits per heavy atom. The van der Waals surface area contributed by atoms with E-state index in [0.717, 1.165) is 28.0 Å². The van der Waals surface area contributed by atoms with Gasteiger partial charge in [0.2, 0.25) is 0 Å². The number of phenolic OH excluding ortho intramolecular Hbond substituents is 1. The fourth-order valence-corrected chi connectivity index (χ4v) is 4.92. The number of benzene rings is 3. The molecule has 2 heterocycles. The molecule has 6 heteroatoms. The Bertz CT molecular complexity index is 1390. The minimum absolute atomic E-state index is 0.00849. The van der Waals surface area contributed by atoms with Crippen molar-refractivity contribution >= 4 is 23.1 Å². The van der Waals surface area contributed by atoms with E-state index in [9.17, 15) is 10.2 Å². The maximum atomic E-state index is 15.1. The molecule has 5 nitrogen and oxygen atoms in total. The minimum Gasteiger partial charge on any atom is -0.504 e. The molecule has 3 aromatic carbocycles. The summed E-state index contributed by atoms with van der Waals surface area (Å²) in [6.07, 6.45) is 3.80. The van der Waals surface area contributed by atoms with E-state index in [1.54, 1.807) is 30.3 Å². The molecule has 0 unspecified atom stereocenters. The lowest BCUT2D eigenvalue weighted by atomic mass is 9.82. The molecule has 0 fully saturated rings. The van der Waals surface area contributed by atoms with Crippen LogP contribution in [-0.4, -0.2) is 22.9 Å². The van der Waals surface area contributed by atoms with Gasteiger partial charge in [-0.2, -0.15) is 0 Å². The summed E-state index contributed by atoms with van der Waals surface area (Å²) in [7, 11) is 1.50. The van der Waals surface area contributed by atoms with Crippen LogP contribution in [0.5, 0.6) is 17.2 Å². The number of anilines is 1. The molecule has 0 radical (unpaired) electrons. The van der Waals surface area contributed by atoms with Crippen LogP contribution in [0.1, 0.15) is 43.0 Å². The predicted molar refractivity (Wildman–Crippen MR) is 132 cm³/mol. The third kappa shape index (κ3) is 3.42. The first-order valence-electron chi connectivity index (χ1n) is 11.1. The molecule has 174 valence electrons. The first-order valence-corrected chi connectivity index (χ1v) is 11.1. The summed E-state index contributed by atoms with van der Waals surface area (Å²) in [6.45, 7) is 5.84. The van der Waals surface area contributed by atoms with Gasteiger partial charge in [-0.25, -0.2) is 4.39 Å². The first kappa shape index (κ1) is 22.0. The summed E-state index contributed by atoms with van der Waals surface area (Å²) in [5.74, 6) is 0.798. The molecule has 2 aliphatic heterocycles. The van der Waals surface area contributed by atoms with Gasteiger partial charge in [0, 0.05) is 33.5 Å². The fourth-order valence-electron chi connectivity index (χ4n) is 4.92. The van der Waals surface area contributed by atoms with Gasteiger partial charge in [-0.1, -0.05) is 30.3 Å². The third-order valence-electron chi connectivity index (χ3n) is 6.24. The molecule has 0 bridgehead atoms. The smallest absolute Gasteiger partial charge is 0.172 e. The second-order valence-corrected chi connectivity index (χ2v) is 9.16. The Labute approximate surface area is 197 Å². The maximum Gasteiger partial charge on any atom is 0.172 e. The minimum atomic E-state index is -0.493. The number of nitrogens with one attached hydrogen (secondary N) is 1. The number of halogens is 1. The summed E-state index contributed by atoms with van der Waals surface area (Å²) in [5, 5.41) is 23.5. The third-order valence-corrected chi connectivity index (χ3v) is 6.24. The van der Waals surface area contributed by atoms with Crippen LogP contribution < -0.4 is 14.8 Å². The quantitative estimate of drug-likeness (QED) is 0.435. The van der Waals surface area contributed by atoms with Crippen LogP contribution in [0, 0.1) is 5.82 Å². The largest absolute Gasteiger partial charge is 0.504 e. The van der Waals surface area contributed by atoms with Gasteiger partial charge in [0.1, 0.15) is 17.3 Å². The maximum absolute atomic E-state index is 15.1. The van der Waals surface area contributed by atoms with Crippen molar-refractivity contribution in [2.24, 2.45) is 0 Å². The number of fused-ring (bicyclic) bond motifs is 5. The number of aromatic hydroxyl groups is 1. The van der Waals surface area contributed by atoms with Crippen molar-refractivity contribution in [1.82, 2.24) is 0 Å². The van der Waals surface area contributed by atoms with E-state index in [-0.39, 0.29) is 16.9 Å². The van der Waals surface area contributed by atoms with Gasteiger partial charge in [0.15, 0.2) is 11.5 Å². The van der Waals surface area contributed by atoms with Crippen LogP contribution in [0.25, 0.3) is 28.5 Å². The van der Waals surface area contributed by atoms with E-state index in [0.29, 0.717) is 28.4 Å². The summed E-state index contributed by atoms with van der Waals surface area (Å²) in [5.41, 5.74) is 5.45. The Morgan fingerprint density at radius 3 is 2.62 bits per heavy atom. The molecule has 0 aliphatic carbocycles. The average Bonchev–Trinajstić information content (AvgIpc) is 2.79. The lowest BCUT2D eigenvalue weighted by Crippen LogP contribution is -2.32. The molecule has 3 N–H and O–H groups in total. The van der Waals surface area contributed by atoms with Crippen LogP contribution in [0.4, 0.5) is 10.1 Å². The molecule has 0 spiro atoms. The van der Waals surface area contributed by atoms with Crippen LogP contribution >= 0.6 is 0 Å². The monoisotopic (exact) mass is 459 g/mol. The highest BCUT2D eigenvalue weighted by molar-refractivity contribution is 6.02. The number of methoxy groups -OCH3 is 1. The molecule has 0 atom stereocenters. The second kappa shape index (κ2) is 7.92. The number of hydrogen-bond donors (Lipinski definition) is 3. The van der Waals surface area contributed by atoms with Gasteiger partial charge in [0.05, 0.1) is 24.8 Å². The van der Waals surface area contributed by atoms with E-state index < -0.39 is 12.4 Å². The van der Waals surface area contributed by atoms with Crippen molar-refractivity contribution in [3.8, 4) is 28.4 Å². The van der Waals surface area contributed by atoms with E-state index >= 15 is 4.39 Å². The summed E-state index contributed by atoms with van der Waals surface area (Å²) < 4.78 is 26.9. The van der Waals surface area contributed by atoms with Crippen LogP contribution in [0.15, 0.2) is 48.5 Å². The lowest BCUT2D eigenvalue weighted by Gasteiger charge is -2.35. The summed E-state index contributed by atoms with van der Waals surface area (Å²) in [4.78, 5) is 0. The number of aliphatic hydroxyl groups is 1. The van der Waals surface area contributed by atoms with Gasteiger partial charge < -0.3 is 25.0 Å². The zero-order valence-corrected chi connectivity index (χ0v) is 19.5. The van der Waals surface area contributed by atoms with Crippen molar-refractivity contribution in [2.75, 3.05) is 12.4 Å². The predicted octanol–water partition coefficient (Wildman–Crippen LogP) is 6.20. The van der Waals surface area contributed by atoms with Gasteiger partial charge in [0.25, 0.3) is 0 Å². The number of allylic oxidation sites excluding steroid dienone is 1. The van der Waals surface area contributed by atoms with Crippen molar-refractivity contribution < 1.29 is 24.1 Å². The van der Waals surface area contributed by atoms with Crippen molar-refractivity contribution in [3.63, 3.8) is 0 Å². The van der Waals surface area contributed by atoms with E-state index in [1.165, 1.54) is 13.2 Å². The normalized spacial score (nSPS) is 16.5. The van der Waals surface area contributed by atoms with Crippen molar-refractivity contribution in [3.05, 3.63) is 76.6 Å². The van der Waals surface area contributed by atoms with E-state index in [2.05, 4.69) is 25.2 Å². The standard InChI is InChI=1S/C28H26FNO4/c1-15-13-28(2,3)30-19-9-8-18-24(23(15)19)22(12-16-6-5-7-17(14-31)26(16)29)34-21-11-10-20(32)27(33-4)25(18)21/h5-13,30-32H,14H2,1-4H3/b22-12-. The Hall–Kier alpha value is -3.77. The van der Waals surface area contributed by atoms with Gasteiger partial charge in [-0.15, -0.1) is 0 Å². The Morgan fingerprint density at radius 1 is 1.09 bits per heavy atom. The number of phenols is 1. The zero-order chi connectivity index (χ0) is 24.2. The SMILES string of the molecule is COc1c(O)ccc2c1-c1ccc3c(c1/C(=C/c1cccc(CO)c1F)O2)C(C)=CC(C)(C)N3. The van der Waals surface area contributed by atoms with Crippen LogP contribution in [0.2, 0.25) is 0 Å². The highest BCUT2D eigenvalue weighted by Crippen LogP contribution is 2.54. The van der Waals surface area contributed by atoms with Gasteiger partial charge >= 0.3 is 0 Å². The summed E-state index contributed by atoms with van der Waals surface area (Å²) >= 11 is 0. The fraction of sp³-hybridized carbons (Fsp3) is 0.214. The molecule has 5 rings (SSSR count). The molecular weight excluding hydrogens is 433 g/mol. The molecular formula is C28H26FNO4. The zero-order valence-electron chi connectivity index (χ0n) is 19.5. The first-order chi connectivity index (χ1) is 16.2. The highest BCUT2D eigenvalue weighted by atomic mass is 19.1. The van der Waals surface area contributed by atoms with E-state index in [4.69, 9.17) is 9.47 Å². The van der Waals surface area contributed by atoms with Crippen molar-refractivity contribution in [1.29, 1.82) is 0 Å². The number of aliphatic hydroxyl groups excluding tert-OH is 1. The van der Waals surface area contributed by atoms with Gasteiger partial charge in [-0.05, 0) is 50.6 Å². The average molecular weight is 460 g/mol. The topological polar surface area (TPSA) is 71.0 Å². The molecule has 2 aliphatic rings. The van der Waals surface area contributed by atoms with Crippen LogP contribution in [-0.2, 0) is 6.61 Å². The van der Waals surface area contributed by atoms with Crippen molar-refractivity contribution in [2.45, 2.75) is 32.9 Å². The van der Waals surface area contributed by atoms with E-state index in [1.807, 2.05) is 19.1 Å². The molecule has 0 saturated carbocycles. The summed E-state index contributed by atoms with van der Waals surface area (Å²) in [6, 6.07) is 12.1. The van der Waals surface area contributed by atoms with Gasteiger partial charge in [-0.3, -0.25) is 0 Å². The second-order valence-electron chi connectivity index (χ2n) is 9.16. The molecule has 0 saturated heterocycles. The highest BCUT2D eigenvalue weighted by Gasteiger charge is 2.33. The molecule has 3 aromatic rings. The molecule has 0 amide bonds. The lowest BCUT2D eigenvalue weighted by molar-refractivity contribution is 0.275. The molecule has 34 heavy (non-hydrogen) atoms. The molecule has 0 aromatic heterocycles. The Balaban J connectivity index is 1.84. The number of rotatable bonds is 3.